The Balaban J connectivity index is 0.00000196. The Bertz CT molecular complexity index is 635. The van der Waals surface area contributed by atoms with Gasteiger partial charge in [-0.25, -0.2) is 4.39 Å². The summed E-state index contributed by atoms with van der Waals surface area (Å²) in [5.41, 5.74) is 0.952. The molecule has 2 saturated carbocycles. The predicted molar refractivity (Wildman–Crippen MR) is 103 cm³/mol. The van der Waals surface area contributed by atoms with Crippen LogP contribution in [-0.2, 0) is 4.79 Å². The predicted octanol–water partition coefficient (Wildman–Crippen LogP) is 2.98. The van der Waals surface area contributed by atoms with E-state index in [1.807, 2.05) is 6.07 Å². The molecule has 1 heterocycles. The highest BCUT2D eigenvalue weighted by molar-refractivity contribution is 5.85. The molecule has 0 aromatic heterocycles. The number of nitrogens with zero attached hydrogens (tertiary/aromatic N) is 2. The monoisotopic (exact) mass is 381 g/mol. The van der Waals surface area contributed by atoms with Crippen molar-refractivity contribution in [2.24, 2.45) is 5.92 Å². The van der Waals surface area contributed by atoms with E-state index in [0.29, 0.717) is 24.5 Å². The summed E-state index contributed by atoms with van der Waals surface area (Å²) in [5.74, 6) is 0.744. The van der Waals surface area contributed by atoms with Crippen molar-refractivity contribution < 1.29 is 9.18 Å². The van der Waals surface area contributed by atoms with E-state index in [1.165, 1.54) is 18.9 Å². The largest absolute Gasteiger partial charge is 0.336 e. The van der Waals surface area contributed by atoms with Crippen molar-refractivity contribution >= 4 is 18.3 Å². The van der Waals surface area contributed by atoms with Gasteiger partial charge in [0.25, 0.3) is 0 Å². The zero-order valence-electron chi connectivity index (χ0n) is 15.4. The van der Waals surface area contributed by atoms with Gasteiger partial charge in [-0.05, 0) is 56.2 Å². The molecule has 2 aliphatic carbocycles. The van der Waals surface area contributed by atoms with Gasteiger partial charge < -0.3 is 10.2 Å². The van der Waals surface area contributed by atoms with E-state index < -0.39 is 0 Å². The summed E-state index contributed by atoms with van der Waals surface area (Å²) in [7, 11) is 0. The first kappa shape index (κ1) is 19.6. The van der Waals surface area contributed by atoms with Gasteiger partial charge >= 0.3 is 0 Å². The molecule has 0 spiro atoms. The Morgan fingerprint density at radius 1 is 1.35 bits per heavy atom. The van der Waals surface area contributed by atoms with E-state index in [2.05, 4.69) is 22.0 Å². The fourth-order valence-electron chi connectivity index (χ4n) is 4.16. The number of nitrogens with one attached hydrogen (secondary N) is 1. The van der Waals surface area contributed by atoms with E-state index in [1.54, 1.807) is 12.1 Å². The molecular formula is C20H29ClFN3O. The Morgan fingerprint density at radius 3 is 2.77 bits per heavy atom. The van der Waals surface area contributed by atoms with Gasteiger partial charge in [-0.2, -0.15) is 0 Å². The molecule has 2 unspecified atom stereocenters. The van der Waals surface area contributed by atoms with Crippen molar-refractivity contribution in [3.05, 3.63) is 35.6 Å². The Labute approximate surface area is 161 Å². The van der Waals surface area contributed by atoms with Crippen LogP contribution in [0.25, 0.3) is 0 Å². The van der Waals surface area contributed by atoms with E-state index in [-0.39, 0.29) is 30.2 Å². The minimum absolute atomic E-state index is 0. The van der Waals surface area contributed by atoms with Crippen LogP contribution in [0, 0.1) is 11.7 Å². The van der Waals surface area contributed by atoms with Gasteiger partial charge in [0.2, 0.25) is 5.91 Å². The molecular weight excluding hydrogens is 353 g/mol. The van der Waals surface area contributed by atoms with Crippen molar-refractivity contribution in [1.29, 1.82) is 0 Å². The lowest BCUT2D eigenvalue weighted by Gasteiger charge is -2.38. The molecule has 3 aliphatic rings. The number of rotatable bonds is 6. The van der Waals surface area contributed by atoms with Crippen LogP contribution in [0.15, 0.2) is 24.3 Å². The number of hydrogen-bond acceptors (Lipinski definition) is 3. The standard InChI is InChI=1S/C20H28FN3O.ClH/c1-14(15-5-6-15)24(18-7-8-18)20(25)13-23-10-9-22-12-19(23)16-3-2-4-17(21)11-16;/h2-4,11,14-15,18-19,22H,5-10,12-13H2,1H3;1H. The van der Waals surface area contributed by atoms with Crippen LogP contribution in [0.4, 0.5) is 4.39 Å². The third kappa shape index (κ3) is 4.38. The van der Waals surface area contributed by atoms with E-state index in [9.17, 15) is 9.18 Å². The number of amides is 1. The summed E-state index contributed by atoms with van der Waals surface area (Å²) < 4.78 is 13.6. The van der Waals surface area contributed by atoms with Gasteiger partial charge in [0.15, 0.2) is 0 Å². The number of piperazine rings is 1. The van der Waals surface area contributed by atoms with Crippen molar-refractivity contribution in [2.75, 3.05) is 26.2 Å². The minimum Gasteiger partial charge on any atom is -0.336 e. The molecule has 6 heteroatoms. The number of benzene rings is 1. The summed E-state index contributed by atoms with van der Waals surface area (Å²) in [4.78, 5) is 17.5. The van der Waals surface area contributed by atoms with E-state index >= 15 is 0 Å². The summed E-state index contributed by atoms with van der Waals surface area (Å²) in [6.45, 7) is 5.12. The molecule has 1 amide bonds. The maximum Gasteiger partial charge on any atom is 0.237 e. The fourth-order valence-corrected chi connectivity index (χ4v) is 4.16. The third-order valence-electron chi connectivity index (χ3n) is 5.90. The maximum atomic E-state index is 13.6. The van der Waals surface area contributed by atoms with Crippen LogP contribution < -0.4 is 5.32 Å². The molecule has 0 bridgehead atoms. The van der Waals surface area contributed by atoms with Crippen LogP contribution in [0.1, 0.15) is 44.2 Å². The minimum atomic E-state index is -0.212. The highest BCUT2D eigenvalue weighted by Gasteiger charge is 2.42. The average Bonchev–Trinajstić information content (AvgIpc) is 3.47. The van der Waals surface area contributed by atoms with Crippen LogP contribution >= 0.6 is 12.4 Å². The highest BCUT2D eigenvalue weighted by Crippen LogP contribution is 2.40. The second kappa shape index (κ2) is 8.24. The lowest BCUT2D eigenvalue weighted by molar-refractivity contribution is -0.136. The normalized spacial score (nSPS) is 24.6. The lowest BCUT2D eigenvalue weighted by Crippen LogP contribution is -2.52. The van der Waals surface area contributed by atoms with Crippen molar-refractivity contribution in [3.63, 3.8) is 0 Å². The highest BCUT2D eigenvalue weighted by atomic mass is 35.5. The molecule has 4 rings (SSSR count). The second-order valence-corrected chi connectivity index (χ2v) is 7.86. The smallest absolute Gasteiger partial charge is 0.237 e. The first-order chi connectivity index (χ1) is 12.1. The Kier molecular flexibility index (Phi) is 6.21. The van der Waals surface area contributed by atoms with Crippen LogP contribution in [0.3, 0.4) is 0 Å². The van der Waals surface area contributed by atoms with Gasteiger partial charge in [0.1, 0.15) is 5.82 Å². The van der Waals surface area contributed by atoms with Crippen LogP contribution in [0.5, 0.6) is 0 Å². The van der Waals surface area contributed by atoms with Crippen LogP contribution in [0.2, 0.25) is 0 Å². The van der Waals surface area contributed by atoms with Gasteiger partial charge in [-0.15, -0.1) is 12.4 Å². The average molecular weight is 382 g/mol. The zero-order valence-corrected chi connectivity index (χ0v) is 16.2. The summed E-state index contributed by atoms with van der Waals surface area (Å²) in [5, 5.41) is 3.38. The first-order valence-corrected chi connectivity index (χ1v) is 9.65. The third-order valence-corrected chi connectivity index (χ3v) is 5.90. The molecule has 1 aliphatic heterocycles. The van der Waals surface area contributed by atoms with Gasteiger partial charge in [-0.1, -0.05) is 12.1 Å². The van der Waals surface area contributed by atoms with Gasteiger partial charge in [-0.3, -0.25) is 9.69 Å². The maximum absolute atomic E-state index is 13.6. The summed E-state index contributed by atoms with van der Waals surface area (Å²) >= 11 is 0. The number of halogens is 2. The molecule has 1 aromatic rings. The number of hydrogen-bond donors (Lipinski definition) is 1. The molecule has 1 saturated heterocycles. The topological polar surface area (TPSA) is 35.6 Å². The van der Waals surface area contributed by atoms with Crippen molar-refractivity contribution in [2.45, 2.75) is 50.7 Å². The molecule has 3 fully saturated rings. The number of carbonyl (C=O) groups is 1. The Hall–Kier alpha value is -1.17. The SMILES string of the molecule is CC(C1CC1)N(C(=O)CN1CCNCC1c1cccc(F)c1)C1CC1.Cl. The molecule has 0 radical (unpaired) electrons. The van der Waals surface area contributed by atoms with Crippen molar-refractivity contribution in [1.82, 2.24) is 15.1 Å². The Morgan fingerprint density at radius 2 is 2.12 bits per heavy atom. The summed E-state index contributed by atoms with van der Waals surface area (Å²) in [6, 6.07) is 7.68. The fraction of sp³-hybridized carbons (Fsp3) is 0.650. The molecule has 26 heavy (non-hydrogen) atoms. The molecule has 1 aromatic carbocycles. The zero-order chi connectivity index (χ0) is 17.4. The summed E-state index contributed by atoms with van der Waals surface area (Å²) in [6.07, 6.45) is 4.82. The van der Waals surface area contributed by atoms with E-state index in [4.69, 9.17) is 0 Å². The quantitative estimate of drug-likeness (QED) is 0.822. The molecule has 144 valence electrons. The van der Waals surface area contributed by atoms with Gasteiger partial charge in [0, 0.05) is 37.8 Å². The molecule has 2 atom stereocenters. The molecule has 1 N–H and O–H groups in total. The molecule has 4 nitrogen and oxygen atoms in total. The second-order valence-electron chi connectivity index (χ2n) is 7.86. The van der Waals surface area contributed by atoms with Crippen molar-refractivity contribution in [3.8, 4) is 0 Å². The first-order valence-electron chi connectivity index (χ1n) is 9.65. The van der Waals surface area contributed by atoms with Gasteiger partial charge in [0.05, 0.1) is 6.54 Å². The number of carbonyl (C=O) groups excluding carboxylic acids is 1. The lowest BCUT2D eigenvalue weighted by atomic mass is 10.0. The van der Waals surface area contributed by atoms with Crippen LogP contribution in [-0.4, -0.2) is 54.0 Å². The van der Waals surface area contributed by atoms with E-state index in [0.717, 1.165) is 38.0 Å².